The number of nitrogens with zero attached hydrogens (tertiary/aromatic N) is 2. The second-order valence-corrected chi connectivity index (χ2v) is 11.8. The van der Waals surface area contributed by atoms with Crippen molar-refractivity contribution in [3.63, 3.8) is 0 Å². The van der Waals surface area contributed by atoms with Crippen LogP contribution in [0.15, 0.2) is 63.5 Å². The molecule has 39 heavy (non-hydrogen) atoms. The fourth-order valence-electron chi connectivity index (χ4n) is 5.29. The molecule has 0 fully saturated rings. The molecule has 2 aromatic rings. The molecule has 206 valence electrons. The molecule has 0 unspecified atom stereocenters. The Morgan fingerprint density at radius 1 is 1.23 bits per heavy atom. The summed E-state index contributed by atoms with van der Waals surface area (Å²) in [5, 5.41) is 10.9. The largest absolute Gasteiger partial charge is 0.490 e. The number of nitriles is 1. The van der Waals surface area contributed by atoms with Gasteiger partial charge in [-0.3, -0.25) is 4.79 Å². The first kappa shape index (κ1) is 29.0. The number of benzene rings is 2. The first-order valence-corrected chi connectivity index (χ1v) is 14.0. The number of methoxy groups -OCH3 is 1. The molecule has 0 bridgehead atoms. The Kier molecular flexibility index (Phi) is 8.95. The van der Waals surface area contributed by atoms with Crippen molar-refractivity contribution >= 4 is 33.3 Å². The molecule has 9 heteroatoms. The van der Waals surface area contributed by atoms with Gasteiger partial charge >= 0.3 is 0 Å². The average Bonchev–Trinajstić information content (AvgIpc) is 2.86. The maximum absolute atomic E-state index is 13.7. The first-order valence-electron chi connectivity index (χ1n) is 12.9. The van der Waals surface area contributed by atoms with Crippen LogP contribution in [0.2, 0.25) is 5.02 Å². The number of Topliss-reactive ketones (excluding diaryl/α,β-unsaturated/α-hetero) is 1. The lowest BCUT2D eigenvalue weighted by Crippen LogP contribution is -2.43. The standard InChI is InChI=1S/C30H33BrClN3O4/c1-5-38-25-13-19(12-22(31)28(25)39-17-18-7-6-8-20(32)11-18)26-21(16-33)29(34)35(9-10-37-4)23-14-30(2,3)15-24(36)27(23)26/h6-8,11-13,26H,5,9-10,14-15,17,34H2,1-4H3/t26-/m0/s1. The lowest BCUT2D eigenvalue weighted by molar-refractivity contribution is -0.118. The Labute approximate surface area is 243 Å². The number of ether oxygens (including phenoxy) is 3. The van der Waals surface area contributed by atoms with Crippen LogP contribution >= 0.6 is 27.5 Å². The van der Waals surface area contributed by atoms with E-state index in [9.17, 15) is 10.1 Å². The van der Waals surface area contributed by atoms with Gasteiger partial charge in [0.2, 0.25) is 0 Å². The number of carbonyl (C=O) groups is 1. The SMILES string of the molecule is CCOc1cc([C@H]2C(C#N)=C(N)N(CCOC)C3=C2C(=O)CC(C)(C)C3)cc(Br)c1OCc1cccc(Cl)c1. The summed E-state index contributed by atoms with van der Waals surface area (Å²) < 4.78 is 18.1. The summed E-state index contributed by atoms with van der Waals surface area (Å²) in [7, 11) is 1.62. The fourth-order valence-corrected chi connectivity index (χ4v) is 6.07. The van der Waals surface area contributed by atoms with Crippen LogP contribution in [0.25, 0.3) is 0 Å². The topological polar surface area (TPSA) is 97.8 Å². The van der Waals surface area contributed by atoms with Gasteiger partial charge in [0.05, 0.1) is 35.2 Å². The molecular formula is C30H33BrClN3O4. The van der Waals surface area contributed by atoms with Crippen molar-refractivity contribution in [1.29, 1.82) is 5.26 Å². The summed E-state index contributed by atoms with van der Waals surface area (Å²) in [4.78, 5) is 15.6. The van der Waals surface area contributed by atoms with E-state index in [4.69, 9.17) is 31.5 Å². The first-order chi connectivity index (χ1) is 18.6. The number of nitrogens with two attached hydrogens (primary N) is 1. The van der Waals surface area contributed by atoms with Gasteiger partial charge in [-0.05, 0) is 70.1 Å². The van der Waals surface area contributed by atoms with Crippen LogP contribution in [0.5, 0.6) is 11.5 Å². The molecule has 1 atom stereocenters. The molecule has 2 N–H and O–H groups in total. The summed E-state index contributed by atoms with van der Waals surface area (Å²) in [5.74, 6) is 0.777. The van der Waals surface area contributed by atoms with Crippen LogP contribution < -0.4 is 15.2 Å². The van der Waals surface area contributed by atoms with Crippen LogP contribution in [0.4, 0.5) is 0 Å². The Bertz CT molecular complexity index is 1380. The third-order valence-electron chi connectivity index (χ3n) is 6.94. The fraction of sp³-hybridized carbons (Fsp3) is 0.400. The smallest absolute Gasteiger partial charge is 0.175 e. The molecular weight excluding hydrogens is 582 g/mol. The normalized spacial score (nSPS) is 18.6. The summed E-state index contributed by atoms with van der Waals surface area (Å²) in [6.07, 6.45) is 1.05. The molecule has 0 aromatic heterocycles. The van der Waals surface area contributed by atoms with Gasteiger partial charge < -0.3 is 24.8 Å². The Morgan fingerprint density at radius 2 is 2.00 bits per heavy atom. The summed E-state index contributed by atoms with van der Waals surface area (Å²) >= 11 is 9.79. The van der Waals surface area contributed by atoms with E-state index in [1.807, 2.05) is 48.2 Å². The van der Waals surface area contributed by atoms with Gasteiger partial charge in [0.25, 0.3) is 0 Å². The zero-order valence-corrected chi connectivity index (χ0v) is 25.0. The van der Waals surface area contributed by atoms with E-state index in [2.05, 4.69) is 35.8 Å². The Balaban J connectivity index is 1.82. The molecule has 1 heterocycles. The monoisotopic (exact) mass is 613 g/mol. The number of carbonyl (C=O) groups excluding carboxylic acids is 1. The number of hydrogen-bond acceptors (Lipinski definition) is 7. The highest BCUT2D eigenvalue weighted by atomic mass is 79.9. The Hall–Kier alpha value is -2.99. The maximum atomic E-state index is 13.7. The van der Waals surface area contributed by atoms with Crippen molar-refractivity contribution in [3.8, 4) is 17.6 Å². The summed E-state index contributed by atoms with van der Waals surface area (Å²) in [6.45, 7) is 7.60. The zero-order chi connectivity index (χ0) is 28.3. The van der Waals surface area contributed by atoms with Gasteiger partial charge in [0, 0.05) is 36.4 Å². The van der Waals surface area contributed by atoms with Gasteiger partial charge in [0.1, 0.15) is 12.4 Å². The molecule has 0 radical (unpaired) electrons. The van der Waals surface area contributed by atoms with Crippen molar-refractivity contribution in [2.45, 2.75) is 46.1 Å². The van der Waals surface area contributed by atoms with E-state index in [-0.39, 0.29) is 17.8 Å². The minimum atomic E-state index is -0.620. The Morgan fingerprint density at radius 3 is 2.67 bits per heavy atom. The molecule has 1 aliphatic carbocycles. The van der Waals surface area contributed by atoms with Gasteiger partial charge in [-0.15, -0.1) is 0 Å². The molecule has 1 aliphatic heterocycles. The maximum Gasteiger partial charge on any atom is 0.175 e. The third-order valence-corrected chi connectivity index (χ3v) is 7.77. The van der Waals surface area contributed by atoms with E-state index in [1.54, 1.807) is 7.11 Å². The molecule has 2 aromatic carbocycles. The molecule has 0 amide bonds. The van der Waals surface area contributed by atoms with E-state index >= 15 is 0 Å². The predicted octanol–water partition coefficient (Wildman–Crippen LogP) is 6.46. The number of rotatable bonds is 9. The molecule has 0 spiro atoms. The van der Waals surface area contributed by atoms with Crippen molar-refractivity contribution in [3.05, 3.63) is 79.7 Å². The third kappa shape index (κ3) is 6.11. The summed E-state index contributed by atoms with van der Waals surface area (Å²) in [5.41, 5.74) is 9.84. The van der Waals surface area contributed by atoms with Crippen LogP contribution in [0, 0.1) is 16.7 Å². The molecule has 0 saturated heterocycles. The molecule has 4 rings (SSSR count). The van der Waals surface area contributed by atoms with Crippen molar-refractivity contribution in [2.24, 2.45) is 11.1 Å². The van der Waals surface area contributed by atoms with Crippen LogP contribution in [0.3, 0.4) is 0 Å². The minimum absolute atomic E-state index is 0.0179. The van der Waals surface area contributed by atoms with E-state index in [1.165, 1.54) is 0 Å². The summed E-state index contributed by atoms with van der Waals surface area (Å²) in [6, 6.07) is 13.5. The predicted molar refractivity (Wildman–Crippen MR) is 154 cm³/mol. The van der Waals surface area contributed by atoms with Crippen molar-refractivity contribution < 1.29 is 19.0 Å². The van der Waals surface area contributed by atoms with Crippen molar-refractivity contribution in [1.82, 2.24) is 4.90 Å². The lowest BCUT2D eigenvalue weighted by atomic mass is 9.68. The van der Waals surface area contributed by atoms with Crippen molar-refractivity contribution in [2.75, 3.05) is 26.9 Å². The highest BCUT2D eigenvalue weighted by Crippen LogP contribution is 2.50. The van der Waals surface area contributed by atoms with Gasteiger partial charge in [-0.2, -0.15) is 5.26 Å². The number of ketones is 1. The van der Waals surface area contributed by atoms with Crippen LogP contribution in [0.1, 0.15) is 50.7 Å². The molecule has 2 aliphatic rings. The van der Waals surface area contributed by atoms with Gasteiger partial charge in [-0.25, -0.2) is 0 Å². The number of allylic oxidation sites excluding steroid dienone is 3. The highest BCUT2D eigenvalue weighted by Gasteiger charge is 2.44. The van der Waals surface area contributed by atoms with E-state index in [0.717, 1.165) is 16.8 Å². The molecule has 0 saturated carbocycles. The molecule has 7 nitrogen and oxygen atoms in total. The zero-order valence-electron chi connectivity index (χ0n) is 22.6. The average molecular weight is 615 g/mol. The van der Waals surface area contributed by atoms with Crippen LogP contribution in [-0.4, -0.2) is 37.6 Å². The minimum Gasteiger partial charge on any atom is -0.490 e. The lowest BCUT2D eigenvalue weighted by Gasteiger charge is -2.43. The second kappa shape index (κ2) is 12.0. The van der Waals surface area contributed by atoms with Crippen LogP contribution in [-0.2, 0) is 16.1 Å². The van der Waals surface area contributed by atoms with E-state index in [0.29, 0.717) is 70.6 Å². The second-order valence-electron chi connectivity index (χ2n) is 10.5. The van der Waals surface area contributed by atoms with Gasteiger partial charge in [0.15, 0.2) is 17.3 Å². The quantitative estimate of drug-likeness (QED) is 0.346. The number of hydrogen-bond donors (Lipinski definition) is 1. The highest BCUT2D eigenvalue weighted by molar-refractivity contribution is 9.10. The van der Waals surface area contributed by atoms with E-state index < -0.39 is 5.92 Å². The van der Waals surface area contributed by atoms with Gasteiger partial charge in [-0.1, -0.05) is 37.6 Å². The number of halogens is 2.